The first kappa shape index (κ1) is 15.7. The van der Waals surface area contributed by atoms with E-state index in [0.29, 0.717) is 24.7 Å². The summed E-state index contributed by atoms with van der Waals surface area (Å²) in [5.41, 5.74) is 1.69. The monoisotopic (exact) mass is 322 g/mol. The fourth-order valence-corrected chi connectivity index (χ4v) is 2.20. The molecule has 122 valence electrons. The maximum Gasteiger partial charge on any atom is 0.319 e. The van der Waals surface area contributed by atoms with Gasteiger partial charge in [-0.15, -0.1) is 0 Å². The van der Waals surface area contributed by atoms with Gasteiger partial charge < -0.3 is 15.2 Å². The number of nitrogens with one attached hydrogen (secondary N) is 2. The molecule has 0 fully saturated rings. The van der Waals surface area contributed by atoms with E-state index in [1.165, 1.54) is 0 Å². The molecule has 3 rings (SSSR count). The minimum atomic E-state index is -0.225. The molecule has 1 heterocycles. The van der Waals surface area contributed by atoms with Crippen molar-refractivity contribution in [3.8, 4) is 11.4 Å². The van der Waals surface area contributed by atoms with Gasteiger partial charge in [-0.05, 0) is 18.6 Å². The predicted molar refractivity (Wildman–Crippen MR) is 91.5 cm³/mol. The molecule has 0 saturated heterocycles. The van der Waals surface area contributed by atoms with Crippen LogP contribution in [0.25, 0.3) is 11.4 Å². The van der Waals surface area contributed by atoms with Crippen molar-refractivity contribution in [1.29, 1.82) is 0 Å². The highest BCUT2D eigenvalue weighted by Gasteiger charge is 2.08. The average molecular weight is 322 g/mol. The number of anilines is 1. The molecule has 0 bridgehead atoms. The third-order valence-electron chi connectivity index (χ3n) is 3.38. The third kappa shape index (κ3) is 4.42. The molecule has 0 radical (unpaired) electrons. The highest BCUT2D eigenvalue weighted by atomic mass is 16.5. The summed E-state index contributed by atoms with van der Waals surface area (Å²) in [7, 11) is 0. The molecule has 6 nitrogen and oxygen atoms in total. The van der Waals surface area contributed by atoms with Crippen molar-refractivity contribution in [1.82, 2.24) is 15.5 Å². The number of aromatic nitrogens is 2. The lowest BCUT2D eigenvalue weighted by atomic mass is 10.2. The Hall–Kier alpha value is -3.15. The molecule has 2 N–H and O–H groups in total. The Morgan fingerprint density at radius 3 is 2.46 bits per heavy atom. The normalized spacial score (nSPS) is 10.3. The number of carbonyl (C=O) groups excluding carboxylic acids is 1. The zero-order chi connectivity index (χ0) is 16.6. The van der Waals surface area contributed by atoms with Crippen LogP contribution in [0.2, 0.25) is 0 Å². The third-order valence-corrected chi connectivity index (χ3v) is 3.38. The summed E-state index contributed by atoms with van der Waals surface area (Å²) in [6, 6.07) is 18.8. The molecule has 0 aliphatic carbocycles. The average Bonchev–Trinajstić information content (AvgIpc) is 3.09. The first-order chi connectivity index (χ1) is 11.8. The van der Waals surface area contributed by atoms with Gasteiger partial charge in [0.05, 0.1) is 0 Å². The molecular formula is C18H18N4O2. The van der Waals surface area contributed by atoms with Crippen molar-refractivity contribution < 1.29 is 9.32 Å². The zero-order valence-corrected chi connectivity index (χ0v) is 13.1. The van der Waals surface area contributed by atoms with Crippen LogP contribution in [-0.2, 0) is 6.42 Å². The molecule has 0 saturated carbocycles. The summed E-state index contributed by atoms with van der Waals surface area (Å²) in [6.07, 6.45) is 1.34. The van der Waals surface area contributed by atoms with E-state index >= 15 is 0 Å². The molecule has 0 aliphatic heterocycles. The number of rotatable bonds is 6. The second kappa shape index (κ2) is 7.92. The summed E-state index contributed by atoms with van der Waals surface area (Å²) in [5, 5.41) is 9.54. The van der Waals surface area contributed by atoms with Gasteiger partial charge in [0.15, 0.2) is 0 Å². The smallest absolute Gasteiger partial charge is 0.319 e. The van der Waals surface area contributed by atoms with Crippen LogP contribution in [0, 0.1) is 0 Å². The Balaban J connectivity index is 1.41. The van der Waals surface area contributed by atoms with Crippen molar-refractivity contribution in [3.05, 3.63) is 66.6 Å². The summed E-state index contributed by atoms with van der Waals surface area (Å²) >= 11 is 0. The Kier molecular flexibility index (Phi) is 5.19. The van der Waals surface area contributed by atoms with Gasteiger partial charge in [-0.2, -0.15) is 4.98 Å². The number of amides is 2. The number of aryl methyl sites for hydroxylation is 1. The van der Waals surface area contributed by atoms with E-state index in [1.807, 2.05) is 60.7 Å². The topological polar surface area (TPSA) is 80.1 Å². The second-order valence-electron chi connectivity index (χ2n) is 5.23. The van der Waals surface area contributed by atoms with Gasteiger partial charge >= 0.3 is 6.03 Å². The molecular weight excluding hydrogens is 304 g/mol. The Labute approximate surface area is 139 Å². The quantitative estimate of drug-likeness (QED) is 0.681. The Morgan fingerprint density at radius 2 is 1.71 bits per heavy atom. The molecule has 3 aromatic rings. The van der Waals surface area contributed by atoms with Gasteiger partial charge in [-0.1, -0.05) is 53.7 Å². The van der Waals surface area contributed by atoms with Crippen LogP contribution < -0.4 is 10.6 Å². The standard InChI is InChI=1S/C18H18N4O2/c23-18(20-15-10-5-2-6-11-15)19-13-7-12-16-21-17(22-24-16)14-8-3-1-4-9-14/h1-6,8-11H,7,12-13H2,(H2,19,20,23). The molecule has 6 heteroatoms. The fourth-order valence-electron chi connectivity index (χ4n) is 2.20. The summed E-state index contributed by atoms with van der Waals surface area (Å²) in [4.78, 5) is 16.1. The Morgan fingerprint density at radius 1 is 1.00 bits per heavy atom. The summed E-state index contributed by atoms with van der Waals surface area (Å²) in [5.74, 6) is 1.15. The molecule has 24 heavy (non-hydrogen) atoms. The van der Waals surface area contributed by atoms with Gasteiger partial charge in [-0.25, -0.2) is 4.79 Å². The van der Waals surface area contributed by atoms with E-state index in [1.54, 1.807) is 0 Å². The summed E-state index contributed by atoms with van der Waals surface area (Å²) < 4.78 is 5.23. The van der Waals surface area contributed by atoms with Gasteiger partial charge in [0.1, 0.15) is 0 Å². The second-order valence-corrected chi connectivity index (χ2v) is 5.23. The minimum absolute atomic E-state index is 0.225. The van der Waals surface area contributed by atoms with E-state index < -0.39 is 0 Å². The zero-order valence-electron chi connectivity index (χ0n) is 13.1. The highest BCUT2D eigenvalue weighted by Crippen LogP contribution is 2.15. The van der Waals surface area contributed by atoms with Gasteiger partial charge in [-0.3, -0.25) is 0 Å². The Bertz CT molecular complexity index is 772. The maximum absolute atomic E-state index is 11.7. The van der Waals surface area contributed by atoms with Crippen molar-refractivity contribution in [2.45, 2.75) is 12.8 Å². The molecule has 0 aliphatic rings. The van der Waals surface area contributed by atoms with Gasteiger partial charge in [0.2, 0.25) is 11.7 Å². The molecule has 2 aromatic carbocycles. The number of carbonyl (C=O) groups is 1. The molecule has 0 spiro atoms. The largest absolute Gasteiger partial charge is 0.339 e. The number of para-hydroxylation sites is 1. The minimum Gasteiger partial charge on any atom is -0.339 e. The van der Waals surface area contributed by atoms with Crippen LogP contribution >= 0.6 is 0 Å². The fraction of sp³-hybridized carbons (Fsp3) is 0.167. The summed E-state index contributed by atoms with van der Waals surface area (Å²) in [6.45, 7) is 0.529. The van der Waals surface area contributed by atoms with Crippen molar-refractivity contribution >= 4 is 11.7 Å². The molecule has 0 atom stereocenters. The number of urea groups is 1. The van der Waals surface area contributed by atoms with E-state index in [2.05, 4.69) is 20.8 Å². The van der Waals surface area contributed by atoms with E-state index in [-0.39, 0.29) is 6.03 Å². The number of nitrogens with zero attached hydrogens (tertiary/aromatic N) is 2. The van der Waals surface area contributed by atoms with Crippen LogP contribution in [0.1, 0.15) is 12.3 Å². The maximum atomic E-state index is 11.7. The van der Waals surface area contributed by atoms with Crippen LogP contribution in [0.15, 0.2) is 65.2 Å². The van der Waals surface area contributed by atoms with E-state index in [9.17, 15) is 4.79 Å². The van der Waals surface area contributed by atoms with Crippen LogP contribution in [-0.4, -0.2) is 22.7 Å². The van der Waals surface area contributed by atoms with Crippen LogP contribution in [0.4, 0.5) is 10.5 Å². The van der Waals surface area contributed by atoms with Crippen molar-refractivity contribution in [2.75, 3.05) is 11.9 Å². The lowest BCUT2D eigenvalue weighted by molar-refractivity contribution is 0.252. The first-order valence-corrected chi connectivity index (χ1v) is 7.79. The van der Waals surface area contributed by atoms with Crippen molar-refractivity contribution in [2.24, 2.45) is 0 Å². The lowest BCUT2D eigenvalue weighted by Crippen LogP contribution is -2.29. The molecule has 2 amide bonds. The molecule has 1 aromatic heterocycles. The van der Waals surface area contributed by atoms with E-state index in [4.69, 9.17) is 4.52 Å². The SMILES string of the molecule is O=C(NCCCc1nc(-c2ccccc2)no1)Nc1ccccc1. The highest BCUT2D eigenvalue weighted by molar-refractivity contribution is 5.89. The van der Waals surface area contributed by atoms with E-state index in [0.717, 1.165) is 17.7 Å². The van der Waals surface area contributed by atoms with Crippen LogP contribution in [0.5, 0.6) is 0 Å². The predicted octanol–water partition coefficient (Wildman–Crippen LogP) is 3.49. The first-order valence-electron chi connectivity index (χ1n) is 7.79. The number of benzene rings is 2. The number of hydrogen-bond acceptors (Lipinski definition) is 4. The lowest BCUT2D eigenvalue weighted by Gasteiger charge is -2.06. The number of hydrogen-bond donors (Lipinski definition) is 2. The molecule has 0 unspecified atom stereocenters. The van der Waals surface area contributed by atoms with Crippen molar-refractivity contribution in [3.63, 3.8) is 0 Å². The van der Waals surface area contributed by atoms with Gasteiger partial charge in [0, 0.05) is 24.2 Å². The van der Waals surface area contributed by atoms with Crippen LogP contribution in [0.3, 0.4) is 0 Å². The van der Waals surface area contributed by atoms with Gasteiger partial charge in [0.25, 0.3) is 0 Å².